The lowest BCUT2D eigenvalue weighted by atomic mass is 9.46. The van der Waals surface area contributed by atoms with Crippen LogP contribution in [0.1, 0.15) is 46.0 Å². The number of Topliss-reactive ketones (excluding diaryl/α,β-unsaturated/α-hetero) is 1. The lowest BCUT2D eigenvalue weighted by Gasteiger charge is -2.59. The summed E-state index contributed by atoms with van der Waals surface area (Å²) in [6.45, 7) is 4.13. The SMILES string of the molecule is CC12C=CC(=O)C=C1CCC1C2C(O)CC2(C)C1CCC2(O)C(=O)CSc1ncnc2nc[nH]c12. The number of ketones is 2. The largest absolute Gasteiger partial charge is 0.393 e. The van der Waals surface area contributed by atoms with Gasteiger partial charge >= 0.3 is 0 Å². The Morgan fingerprint density at radius 2 is 2.09 bits per heavy atom. The second-order valence-electron chi connectivity index (χ2n) is 11.1. The van der Waals surface area contributed by atoms with Crippen LogP contribution in [0, 0.1) is 28.6 Å². The van der Waals surface area contributed by atoms with E-state index in [-0.39, 0.29) is 40.5 Å². The summed E-state index contributed by atoms with van der Waals surface area (Å²) in [5.41, 5.74) is -0.231. The van der Waals surface area contributed by atoms with Crippen molar-refractivity contribution in [3.63, 3.8) is 0 Å². The fourth-order valence-electron chi connectivity index (χ4n) is 7.89. The van der Waals surface area contributed by atoms with E-state index in [1.54, 1.807) is 18.5 Å². The van der Waals surface area contributed by atoms with Gasteiger partial charge in [-0.3, -0.25) is 9.59 Å². The number of nitrogens with one attached hydrogen (secondary N) is 1. The van der Waals surface area contributed by atoms with E-state index in [1.807, 2.05) is 13.0 Å². The van der Waals surface area contributed by atoms with Gasteiger partial charge < -0.3 is 15.2 Å². The molecular weight excluding hydrogens is 464 g/mol. The summed E-state index contributed by atoms with van der Waals surface area (Å²) < 4.78 is 0. The highest BCUT2D eigenvalue weighted by molar-refractivity contribution is 8.00. The van der Waals surface area contributed by atoms with Crippen molar-refractivity contribution in [3.8, 4) is 0 Å². The van der Waals surface area contributed by atoms with E-state index in [9.17, 15) is 19.8 Å². The lowest BCUT2D eigenvalue weighted by Crippen LogP contribution is -2.61. The number of aromatic amines is 1. The number of rotatable bonds is 4. The van der Waals surface area contributed by atoms with Crippen LogP contribution in [-0.4, -0.2) is 59.2 Å². The van der Waals surface area contributed by atoms with Gasteiger partial charge in [-0.15, -0.1) is 0 Å². The molecule has 2 aromatic rings. The van der Waals surface area contributed by atoms with Crippen molar-refractivity contribution in [2.45, 2.75) is 62.7 Å². The Morgan fingerprint density at radius 3 is 2.91 bits per heavy atom. The highest BCUT2D eigenvalue weighted by atomic mass is 32.2. The van der Waals surface area contributed by atoms with Crippen LogP contribution in [0.25, 0.3) is 11.2 Å². The number of carbonyl (C=O) groups is 2. The minimum Gasteiger partial charge on any atom is -0.393 e. The summed E-state index contributed by atoms with van der Waals surface area (Å²) in [4.78, 5) is 41.1. The molecular formula is C26H30N4O4S. The first-order valence-electron chi connectivity index (χ1n) is 12.3. The van der Waals surface area contributed by atoms with Crippen LogP contribution in [0.15, 0.2) is 41.5 Å². The molecule has 9 heteroatoms. The van der Waals surface area contributed by atoms with Crippen LogP contribution < -0.4 is 0 Å². The maximum atomic E-state index is 13.6. The Morgan fingerprint density at radius 1 is 1.26 bits per heavy atom. The van der Waals surface area contributed by atoms with Gasteiger partial charge in [-0.05, 0) is 56.1 Å². The number of allylic oxidation sites excluding steroid dienone is 4. The molecule has 184 valence electrons. The lowest BCUT2D eigenvalue weighted by molar-refractivity contribution is -0.174. The number of imidazole rings is 1. The molecule has 8 nitrogen and oxygen atoms in total. The fraction of sp³-hybridized carbons (Fsp3) is 0.577. The minimum absolute atomic E-state index is 0.0143. The van der Waals surface area contributed by atoms with Gasteiger partial charge in [0.25, 0.3) is 0 Å². The number of H-pyrrole nitrogens is 1. The van der Waals surface area contributed by atoms with Gasteiger partial charge in [-0.2, -0.15) is 0 Å². The van der Waals surface area contributed by atoms with Gasteiger partial charge in [0.15, 0.2) is 17.2 Å². The molecule has 7 atom stereocenters. The zero-order valence-electron chi connectivity index (χ0n) is 19.9. The number of fused-ring (bicyclic) bond motifs is 6. The van der Waals surface area contributed by atoms with E-state index >= 15 is 0 Å². The average Bonchev–Trinajstić information content (AvgIpc) is 3.41. The van der Waals surface area contributed by atoms with E-state index in [0.717, 1.165) is 24.8 Å². The molecule has 4 aliphatic rings. The van der Waals surface area contributed by atoms with Crippen molar-refractivity contribution in [3.05, 3.63) is 36.5 Å². The van der Waals surface area contributed by atoms with Crippen molar-refractivity contribution in [1.82, 2.24) is 19.9 Å². The summed E-state index contributed by atoms with van der Waals surface area (Å²) in [7, 11) is 0. The standard InChI is InChI=1S/C26H30N4O4S/c1-24-7-5-15(31)9-14(24)3-4-16-17-6-8-26(34,25(17,2)10-18(32)20(16)24)19(33)11-35-23-21-22(28-12-27-21)29-13-30-23/h5,7,9,12-13,16-18,20,32,34H,3-4,6,8,10-11H2,1-2H3,(H,27,28,29,30). The molecule has 2 aromatic heterocycles. The Kier molecular flexibility index (Phi) is 5.15. The number of hydrogen-bond acceptors (Lipinski definition) is 8. The van der Waals surface area contributed by atoms with Gasteiger partial charge in [0.1, 0.15) is 22.5 Å². The molecule has 0 radical (unpaired) electrons. The average molecular weight is 495 g/mol. The molecule has 0 bridgehead atoms. The number of nitrogens with zero attached hydrogens (tertiary/aromatic N) is 3. The molecule has 3 fully saturated rings. The number of thioether (sulfide) groups is 1. The monoisotopic (exact) mass is 494 g/mol. The maximum absolute atomic E-state index is 13.6. The van der Waals surface area contributed by atoms with E-state index in [2.05, 4.69) is 26.9 Å². The topological polar surface area (TPSA) is 129 Å². The Balaban J connectivity index is 1.26. The molecule has 0 aromatic carbocycles. The second-order valence-corrected chi connectivity index (χ2v) is 12.1. The van der Waals surface area contributed by atoms with Crippen LogP contribution in [0.5, 0.6) is 0 Å². The molecule has 2 heterocycles. The normalized spacial score (nSPS) is 40.2. The van der Waals surface area contributed by atoms with Crippen LogP contribution in [-0.2, 0) is 9.59 Å². The van der Waals surface area contributed by atoms with E-state index in [0.29, 0.717) is 29.0 Å². The predicted molar refractivity (Wildman–Crippen MR) is 130 cm³/mol. The number of aliphatic hydroxyl groups excluding tert-OH is 1. The van der Waals surface area contributed by atoms with Crippen molar-refractivity contribution >= 4 is 34.5 Å². The number of hydrogen-bond donors (Lipinski definition) is 3. The molecule has 6 rings (SSSR count). The smallest absolute Gasteiger partial charge is 0.181 e. The van der Waals surface area contributed by atoms with Crippen LogP contribution >= 0.6 is 11.8 Å². The van der Waals surface area contributed by atoms with Crippen LogP contribution in [0.3, 0.4) is 0 Å². The van der Waals surface area contributed by atoms with E-state index in [1.165, 1.54) is 18.1 Å². The predicted octanol–water partition coefficient (Wildman–Crippen LogP) is 3.02. The number of carbonyl (C=O) groups excluding carboxylic acids is 2. The summed E-state index contributed by atoms with van der Waals surface area (Å²) in [5, 5.41) is 24.0. The molecule has 35 heavy (non-hydrogen) atoms. The van der Waals surface area contributed by atoms with Crippen molar-refractivity contribution in [2.75, 3.05) is 5.75 Å². The Bertz CT molecular complexity index is 1290. The van der Waals surface area contributed by atoms with Crippen molar-refractivity contribution in [2.24, 2.45) is 28.6 Å². The number of aliphatic hydroxyl groups is 2. The molecule has 3 N–H and O–H groups in total. The highest BCUT2D eigenvalue weighted by Crippen LogP contribution is 2.67. The van der Waals surface area contributed by atoms with Crippen LogP contribution in [0.4, 0.5) is 0 Å². The zero-order chi connectivity index (χ0) is 24.6. The van der Waals surface area contributed by atoms with Gasteiger partial charge in [-0.25, -0.2) is 15.0 Å². The molecule has 0 aliphatic heterocycles. The summed E-state index contributed by atoms with van der Waals surface area (Å²) in [6.07, 6.45) is 10.9. The van der Waals surface area contributed by atoms with Gasteiger partial charge in [0, 0.05) is 16.7 Å². The summed E-state index contributed by atoms with van der Waals surface area (Å²) in [6, 6.07) is 0. The van der Waals surface area contributed by atoms with Crippen molar-refractivity contribution < 1.29 is 19.8 Å². The van der Waals surface area contributed by atoms with Gasteiger partial charge in [0.05, 0.1) is 18.2 Å². The third-order valence-corrected chi connectivity index (χ3v) is 10.6. The molecule has 0 saturated heterocycles. The van der Waals surface area contributed by atoms with E-state index < -0.39 is 17.1 Å². The molecule has 0 amide bonds. The van der Waals surface area contributed by atoms with E-state index in [4.69, 9.17) is 0 Å². The fourth-order valence-corrected chi connectivity index (χ4v) is 8.82. The zero-order valence-corrected chi connectivity index (χ0v) is 20.7. The summed E-state index contributed by atoms with van der Waals surface area (Å²) >= 11 is 1.28. The first kappa shape index (κ1) is 23.1. The summed E-state index contributed by atoms with van der Waals surface area (Å²) in [5.74, 6) is 0.188. The third kappa shape index (κ3) is 3.17. The minimum atomic E-state index is -1.49. The Hall–Kier alpha value is -2.36. The molecule has 7 unspecified atom stereocenters. The first-order valence-corrected chi connectivity index (χ1v) is 13.3. The van der Waals surface area contributed by atoms with Gasteiger partial charge in [-0.1, -0.05) is 37.3 Å². The highest BCUT2D eigenvalue weighted by Gasteiger charge is 2.67. The quantitative estimate of drug-likeness (QED) is 0.437. The Labute approximate surface area is 207 Å². The first-order chi connectivity index (χ1) is 16.7. The van der Waals surface area contributed by atoms with Crippen LogP contribution in [0.2, 0.25) is 0 Å². The van der Waals surface area contributed by atoms with Crippen molar-refractivity contribution in [1.29, 1.82) is 0 Å². The van der Waals surface area contributed by atoms with Gasteiger partial charge in [0.2, 0.25) is 0 Å². The molecule has 0 spiro atoms. The molecule has 3 saturated carbocycles. The molecule has 4 aliphatic carbocycles. The number of aromatic nitrogens is 4. The maximum Gasteiger partial charge on any atom is 0.181 e. The second kappa shape index (κ2) is 7.82. The third-order valence-electron chi connectivity index (χ3n) is 9.64.